The first kappa shape index (κ1) is 25.2. The number of fused-ring (bicyclic) bond motifs is 6. The standard InChI is InChI=1S/C39H26N6/c1-4-13-27(14-5-1)43(28-15-6-2-7-16-28)30-19-10-20-31(25-30)45-33-22-12-24-41-37(33)39-35(45)26-34-38(42-39)36-32(21-11-23-40-36)44(34)29-17-8-3-9-18-29/h1-26H. The second-order valence-electron chi connectivity index (χ2n) is 11.0. The lowest BCUT2D eigenvalue weighted by molar-refractivity contribution is 1.15. The Balaban J connectivity index is 1.34. The zero-order chi connectivity index (χ0) is 29.7. The average molecular weight is 579 g/mol. The molecule has 4 aromatic carbocycles. The molecule has 0 spiro atoms. The van der Waals surface area contributed by atoms with E-state index < -0.39 is 0 Å². The van der Waals surface area contributed by atoms with E-state index in [1.54, 1.807) is 0 Å². The molecule has 0 saturated heterocycles. The minimum absolute atomic E-state index is 0.851. The van der Waals surface area contributed by atoms with Gasteiger partial charge in [-0.3, -0.25) is 9.97 Å². The minimum atomic E-state index is 0.851. The molecule has 9 rings (SSSR count). The van der Waals surface area contributed by atoms with Crippen molar-refractivity contribution in [2.24, 2.45) is 0 Å². The van der Waals surface area contributed by atoms with Gasteiger partial charge in [0.2, 0.25) is 0 Å². The van der Waals surface area contributed by atoms with Crippen LogP contribution in [0.3, 0.4) is 0 Å². The molecule has 0 bridgehead atoms. The van der Waals surface area contributed by atoms with Crippen LogP contribution in [0.15, 0.2) is 158 Å². The molecule has 0 radical (unpaired) electrons. The molecule has 0 N–H and O–H groups in total. The van der Waals surface area contributed by atoms with Gasteiger partial charge in [-0.05, 0) is 84.9 Å². The van der Waals surface area contributed by atoms with Crippen LogP contribution in [0.25, 0.3) is 55.5 Å². The third-order valence-electron chi connectivity index (χ3n) is 8.36. The van der Waals surface area contributed by atoms with Gasteiger partial charge < -0.3 is 14.0 Å². The van der Waals surface area contributed by atoms with Crippen molar-refractivity contribution in [2.45, 2.75) is 0 Å². The summed E-state index contributed by atoms with van der Waals surface area (Å²) < 4.78 is 4.53. The van der Waals surface area contributed by atoms with Gasteiger partial charge in [0.25, 0.3) is 0 Å². The fraction of sp³-hybridized carbons (Fsp3) is 0. The first-order valence-electron chi connectivity index (χ1n) is 15.0. The van der Waals surface area contributed by atoms with E-state index in [2.05, 4.69) is 129 Å². The molecule has 0 amide bonds. The lowest BCUT2D eigenvalue weighted by Gasteiger charge is -2.26. The normalized spacial score (nSPS) is 11.6. The van der Waals surface area contributed by atoms with Crippen molar-refractivity contribution in [1.82, 2.24) is 24.1 Å². The Labute approximate surface area is 259 Å². The molecule has 212 valence electrons. The van der Waals surface area contributed by atoms with E-state index >= 15 is 0 Å². The van der Waals surface area contributed by atoms with Crippen LogP contribution in [0, 0.1) is 0 Å². The second-order valence-corrected chi connectivity index (χ2v) is 11.0. The first-order valence-corrected chi connectivity index (χ1v) is 15.0. The Morgan fingerprint density at radius 3 is 1.44 bits per heavy atom. The molecule has 0 aliphatic heterocycles. The highest BCUT2D eigenvalue weighted by molar-refractivity contribution is 6.13. The lowest BCUT2D eigenvalue weighted by Crippen LogP contribution is -2.10. The molecule has 5 aromatic heterocycles. The molecule has 9 aromatic rings. The fourth-order valence-electron chi connectivity index (χ4n) is 6.47. The highest BCUT2D eigenvalue weighted by atomic mass is 15.1. The molecule has 45 heavy (non-hydrogen) atoms. The van der Waals surface area contributed by atoms with Crippen molar-refractivity contribution in [3.8, 4) is 11.4 Å². The van der Waals surface area contributed by atoms with Crippen LogP contribution in [-0.4, -0.2) is 24.1 Å². The summed E-state index contributed by atoms with van der Waals surface area (Å²) in [6, 6.07) is 50.5. The second kappa shape index (κ2) is 10.2. The van der Waals surface area contributed by atoms with Crippen LogP contribution in [0.4, 0.5) is 17.1 Å². The van der Waals surface area contributed by atoms with E-state index in [4.69, 9.17) is 15.0 Å². The summed E-state index contributed by atoms with van der Waals surface area (Å²) in [5.74, 6) is 0. The first-order chi connectivity index (χ1) is 22.3. The van der Waals surface area contributed by atoms with E-state index in [0.717, 1.165) is 72.6 Å². The monoisotopic (exact) mass is 578 g/mol. The van der Waals surface area contributed by atoms with Crippen molar-refractivity contribution < 1.29 is 0 Å². The molecule has 0 saturated carbocycles. The number of nitrogens with zero attached hydrogens (tertiary/aromatic N) is 6. The maximum absolute atomic E-state index is 5.30. The molecule has 6 nitrogen and oxygen atoms in total. The average Bonchev–Trinajstić information content (AvgIpc) is 3.61. The Bertz CT molecular complexity index is 2440. The predicted molar refractivity (Wildman–Crippen MR) is 183 cm³/mol. The van der Waals surface area contributed by atoms with Crippen LogP contribution in [0.2, 0.25) is 0 Å². The summed E-state index contributed by atoms with van der Waals surface area (Å²) in [6.45, 7) is 0. The molecule has 0 unspecified atom stereocenters. The topological polar surface area (TPSA) is 51.8 Å². The van der Waals surface area contributed by atoms with Gasteiger partial charge in [0.1, 0.15) is 22.1 Å². The van der Waals surface area contributed by atoms with Gasteiger partial charge in [0, 0.05) is 40.8 Å². The minimum Gasteiger partial charge on any atom is -0.310 e. The third-order valence-corrected chi connectivity index (χ3v) is 8.36. The summed E-state index contributed by atoms with van der Waals surface area (Å²) >= 11 is 0. The molecule has 0 aliphatic carbocycles. The molecule has 5 heterocycles. The zero-order valence-electron chi connectivity index (χ0n) is 24.2. The number of aromatic nitrogens is 5. The Kier molecular flexibility index (Phi) is 5.71. The SMILES string of the molecule is c1ccc(N(c2ccccc2)c2cccc(-n3c4cccnc4c4nc5c6ncccc6n(-c6ccccc6)c5cc43)c2)cc1. The molecular weight excluding hydrogens is 552 g/mol. The Morgan fingerprint density at radius 2 is 0.867 bits per heavy atom. The lowest BCUT2D eigenvalue weighted by atomic mass is 10.1. The molecule has 0 fully saturated rings. The molecule has 6 heteroatoms. The van der Waals surface area contributed by atoms with Crippen molar-refractivity contribution in [3.05, 3.63) is 158 Å². The molecule has 0 aliphatic rings. The van der Waals surface area contributed by atoms with Gasteiger partial charge >= 0.3 is 0 Å². The van der Waals surface area contributed by atoms with Crippen LogP contribution in [-0.2, 0) is 0 Å². The summed E-state index contributed by atoms with van der Waals surface area (Å²) in [6.07, 6.45) is 3.67. The third kappa shape index (κ3) is 4.00. The number of para-hydroxylation sites is 3. The van der Waals surface area contributed by atoms with Crippen molar-refractivity contribution in [3.63, 3.8) is 0 Å². The number of hydrogen-bond acceptors (Lipinski definition) is 4. The van der Waals surface area contributed by atoms with E-state index in [0.29, 0.717) is 0 Å². The number of pyridine rings is 3. The summed E-state index contributed by atoms with van der Waals surface area (Å²) in [4.78, 5) is 17.2. The summed E-state index contributed by atoms with van der Waals surface area (Å²) in [7, 11) is 0. The molecule has 0 atom stereocenters. The maximum Gasteiger partial charge on any atom is 0.116 e. The van der Waals surface area contributed by atoms with Crippen LogP contribution in [0.5, 0.6) is 0 Å². The maximum atomic E-state index is 5.30. The number of benzene rings is 4. The highest BCUT2D eigenvalue weighted by Gasteiger charge is 2.21. The van der Waals surface area contributed by atoms with E-state index in [-0.39, 0.29) is 0 Å². The Morgan fingerprint density at radius 1 is 0.378 bits per heavy atom. The van der Waals surface area contributed by atoms with E-state index in [9.17, 15) is 0 Å². The van der Waals surface area contributed by atoms with E-state index in [1.165, 1.54) is 0 Å². The quantitative estimate of drug-likeness (QED) is 0.204. The zero-order valence-corrected chi connectivity index (χ0v) is 24.2. The molecular formula is C39H26N6. The highest BCUT2D eigenvalue weighted by Crippen LogP contribution is 2.39. The number of anilines is 3. The van der Waals surface area contributed by atoms with Gasteiger partial charge in [-0.2, -0.15) is 0 Å². The van der Waals surface area contributed by atoms with Crippen LogP contribution < -0.4 is 4.90 Å². The van der Waals surface area contributed by atoms with Crippen molar-refractivity contribution in [2.75, 3.05) is 4.90 Å². The van der Waals surface area contributed by atoms with Gasteiger partial charge in [-0.25, -0.2) is 4.98 Å². The largest absolute Gasteiger partial charge is 0.310 e. The number of rotatable bonds is 5. The van der Waals surface area contributed by atoms with Gasteiger partial charge in [-0.1, -0.05) is 60.7 Å². The summed E-state index contributed by atoms with van der Waals surface area (Å²) in [5, 5.41) is 0. The van der Waals surface area contributed by atoms with Crippen molar-refractivity contribution in [1.29, 1.82) is 0 Å². The Hall–Kier alpha value is -6.27. The van der Waals surface area contributed by atoms with Gasteiger partial charge in [-0.15, -0.1) is 0 Å². The summed E-state index contributed by atoms with van der Waals surface area (Å²) in [5.41, 5.74) is 12.8. The van der Waals surface area contributed by atoms with Crippen LogP contribution in [0.1, 0.15) is 0 Å². The van der Waals surface area contributed by atoms with Crippen LogP contribution >= 0.6 is 0 Å². The van der Waals surface area contributed by atoms with Gasteiger partial charge in [0.05, 0.1) is 22.1 Å². The van der Waals surface area contributed by atoms with Crippen molar-refractivity contribution >= 4 is 61.2 Å². The smallest absolute Gasteiger partial charge is 0.116 e. The van der Waals surface area contributed by atoms with Gasteiger partial charge in [0.15, 0.2) is 0 Å². The predicted octanol–water partition coefficient (Wildman–Crippen LogP) is 9.54. The fourth-order valence-corrected chi connectivity index (χ4v) is 6.47. The number of hydrogen-bond donors (Lipinski definition) is 0. The van der Waals surface area contributed by atoms with E-state index in [1.807, 2.05) is 42.7 Å².